The fourth-order valence-electron chi connectivity index (χ4n) is 2.61. The first kappa shape index (κ1) is 15.9. The summed E-state index contributed by atoms with van der Waals surface area (Å²) in [4.78, 5) is 5.19. The van der Waals surface area contributed by atoms with Crippen molar-refractivity contribution in [1.82, 2.24) is 19.1 Å². The Hall–Kier alpha value is -0.960. The Balaban J connectivity index is 1.62. The molecule has 3 heterocycles. The molecule has 0 unspecified atom stereocenters. The van der Waals surface area contributed by atoms with E-state index in [4.69, 9.17) is 11.6 Å². The van der Waals surface area contributed by atoms with Crippen molar-refractivity contribution < 1.29 is 8.42 Å². The highest BCUT2D eigenvalue weighted by atomic mass is 35.5. The van der Waals surface area contributed by atoms with Gasteiger partial charge in [0.2, 0.25) is 10.0 Å². The Morgan fingerprint density at radius 2 is 2.32 bits per heavy atom. The number of nitrogens with zero attached hydrogens (tertiary/aromatic N) is 4. The Kier molecular flexibility index (Phi) is 4.54. The van der Waals surface area contributed by atoms with Crippen LogP contribution in [0, 0.1) is 6.92 Å². The van der Waals surface area contributed by atoms with E-state index >= 15 is 0 Å². The van der Waals surface area contributed by atoms with E-state index in [0.29, 0.717) is 24.5 Å². The Labute approximate surface area is 138 Å². The molecule has 0 radical (unpaired) electrons. The van der Waals surface area contributed by atoms with E-state index < -0.39 is 10.0 Å². The summed E-state index contributed by atoms with van der Waals surface area (Å²) in [6.45, 7) is 2.90. The highest BCUT2D eigenvalue weighted by Gasteiger charge is 2.32. The molecule has 0 amide bonds. The summed E-state index contributed by atoms with van der Waals surface area (Å²) in [6.07, 6.45) is 4.60. The fourth-order valence-corrected chi connectivity index (χ4v) is 5.17. The summed E-state index contributed by atoms with van der Waals surface area (Å²) < 4.78 is 28.3. The lowest BCUT2D eigenvalue weighted by atomic mass is 10.3. The number of hydrogen-bond donors (Lipinski definition) is 0. The quantitative estimate of drug-likeness (QED) is 0.819. The van der Waals surface area contributed by atoms with Crippen molar-refractivity contribution in [1.29, 1.82) is 0 Å². The Morgan fingerprint density at radius 1 is 1.50 bits per heavy atom. The fraction of sp³-hybridized carbons (Fsp3) is 0.538. The zero-order valence-electron chi connectivity index (χ0n) is 12.1. The summed E-state index contributed by atoms with van der Waals surface area (Å²) >= 11 is 7.38. The van der Waals surface area contributed by atoms with Gasteiger partial charge in [0, 0.05) is 24.2 Å². The number of halogens is 1. The first-order valence-corrected chi connectivity index (χ1v) is 9.89. The highest BCUT2D eigenvalue weighted by Crippen LogP contribution is 2.25. The van der Waals surface area contributed by atoms with Gasteiger partial charge in [-0.2, -0.15) is 9.40 Å². The molecule has 0 bridgehead atoms. The van der Waals surface area contributed by atoms with Crippen LogP contribution in [0.3, 0.4) is 0 Å². The molecule has 0 N–H and O–H groups in total. The van der Waals surface area contributed by atoms with E-state index in [1.54, 1.807) is 26.9 Å². The average molecular weight is 361 g/mol. The lowest BCUT2D eigenvalue weighted by Gasteiger charge is -2.16. The van der Waals surface area contributed by atoms with Crippen molar-refractivity contribution in [3.8, 4) is 0 Å². The third-order valence-electron chi connectivity index (χ3n) is 3.90. The number of thiazole rings is 1. The van der Waals surface area contributed by atoms with E-state index in [9.17, 15) is 8.42 Å². The second-order valence-electron chi connectivity index (χ2n) is 5.37. The molecular formula is C13H17ClN4O2S2. The molecule has 1 aliphatic rings. The maximum absolute atomic E-state index is 12.5. The minimum absolute atomic E-state index is 0.0624. The molecule has 6 nitrogen and oxygen atoms in total. The van der Waals surface area contributed by atoms with Crippen LogP contribution in [0.1, 0.15) is 23.0 Å². The van der Waals surface area contributed by atoms with Crippen molar-refractivity contribution in [2.75, 3.05) is 18.8 Å². The van der Waals surface area contributed by atoms with Crippen LogP contribution in [0.5, 0.6) is 0 Å². The van der Waals surface area contributed by atoms with Crippen LogP contribution in [0.25, 0.3) is 0 Å². The molecule has 22 heavy (non-hydrogen) atoms. The average Bonchev–Trinajstić information content (AvgIpc) is 3.17. The van der Waals surface area contributed by atoms with Crippen LogP contribution in [0.2, 0.25) is 5.02 Å². The number of hydrogen-bond acceptors (Lipinski definition) is 5. The Morgan fingerprint density at radius 3 is 2.95 bits per heavy atom. The van der Waals surface area contributed by atoms with Crippen molar-refractivity contribution in [3.63, 3.8) is 0 Å². The first-order chi connectivity index (χ1) is 10.5. The maximum Gasteiger partial charge on any atom is 0.214 e. The molecule has 9 heteroatoms. The molecule has 1 saturated heterocycles. The summed E-state index contributed by atoms with van der Waals surface area (Å²) in [7, 11) is -3.25. The predicted octanol–water partition coefficient (Wildman–Crippen LogP) is 2.12. The molecule has 2 aromatic heterocycles. The van der Waals surface area contributed by atoms with Gasteiger partial charge in [0.15, 0.2) is 0 Å². The van der Waals surface area contributed by atoms with Crippen molar-refractivity contribution >= 4 is 33.0 Å². The molecule has 3 rings (SSSR count). The van der Waals surface area contributed by atoms with E-state index in [-0.39, 0.29) is 11.8 Å². The number of sulfonamides is 1. The van der Waals surface area contributed by atoms with Crippen LogP contribution < -0.4 is 0 Å². The van der Waals surface area contributed by atoms with Crippen LogP contribution in [0.4, 0.5) is 0 Å². The van der Waals surface area contributed by atoms with Crippen LogP contribution >= 0.6 is 22.9 Å². The molecule has 120 valence electrons. The lowest BCUT2D eigenvalue weighted by Crippen LogP contribution is -2.32. The molecular weight excluding hydrogens is 344 g/mol. The lowest BCUT2D eigenvalue weighted by molar-refractivity contribution is 0.434. The smallest absolute Gasteiger partial charge is 0.214 e. The first-order valence-electron chi connectivity index (χ1n) is 7.02. The van der Waals surface area contributed by atoms with Crippen LogP contribution in [-0.2, 0) is 16.4 Å². The van der Waals surface area contributed by atoms with Gasteiger partial charge in [0.05, 0.1) is 34.2 Å². The molecule has 1 aliphatic heterocycles. The maximum atomic E-state index is 12.5. The minimum atomic E-state index is -3.25. The minimum Gasteiger partial charge on any atom is -0.267 e. The number of aromatic nitrogens is 3. The van der Waals surface area contributed by atoms with Crippen LogP contribution in [0.15, 0.2) is 17.9 Å². The van der Waals surface area contributed by atoms with E-state index in [0.717, 1.165) is 17.0 Å². The predicted molar refractivity (Wildman–Crippen MR) is 86.8 cm³/mol. The third-order valence-corrected chi connectivity index (χ3v) is 6.92. The second-order valence-corrected chi connectivity index (χ2v) is 8.83. The highest BCUT2D eigenvalue weighted by molar-refractivity contribution is 7.89. The molecule has 1 fully saturated rings. The molecule has 1 atom stereocenters. The SMILES string of the molecule is Cc1ncsc1CCS(=O)(=O)N1CC[C@H](n2cc(Cl)cn2)C1. The van der Waals surface area contributed by atoms with Crippen molar-refractivity contribution in [2.24, 2.45) is 0 Å². The molecule has 0 saturated carbocycles. The zero-order valence-corrected chi connectivity index (χ0v) is 14.5. The van der Waals surface area contributed by atoms with Gasteiger partial charge in [-0.3, -0.25) is 4.68 Å². The standard InChI is InChI=1S/C13H17ClN4O2S2/c1-10-13(21-9-15-10)3-5-22(19,20)17-4-2-12(8-17)18-7-11(14)6-16-18/h6-7,9,12H,2-5,8H2,1H3/t12-/m0/s1. The molecule has 0 spiro atoms. The molecule has 2 aromatic rings. The van der Waals surface area contributed by atoms with E-state index in [2.05, 4.69) is 10.1 Å². The van der Waals surface area contributed by atoms with Crippen LogP contribution in [-0.4, -0.2) is 46.3 Å². The zero-order chi connectivity index (χ0) is 15.7. The Bertz CT molecular complexity index is 756. The summed E-state index contributed by atoms with van der Waals surface area (Å²) in [5.41, 5.74) is 2.68. The monoisotopic (exact) mass is 360 g/mol. The van der Waals surface area contributed by atoms with Gasteiger partial charge >= 0.3 is 0 Å². The van der Waals surface area contributed by atoms with E-state index in [1.807, 2.05) is 6.92 Å². The van der Waals surface area contributed by atoms with Gasteiger partial charge in [-0.1, -0.05) is 11.6 Å². The van der Waals surface area contributed by atoms with Gasteiger partial charge in [-0.05, 0) is 19.8 Å². The topological polar surface area (TPSA) is 68.1 Å². The van der Waals surface area contributed by atoms with Gasteiger partial charge in [0.1, 0.15) is 0 Å². The summed E-state index contributed by atoms with van der Waals surface area (Å²) in [6, 6.07) is 0.0624. The molecule has 0 aromatic carbocycles. The van der Waals surface area contributed by atoms with Gasteiger partial charge in [0.25, 0.3) is 0 Å². The molecule has 0 aliphatic carbocycles. The third kappa shape index (κ3) is 3.34. The van der Waals surface area contributed by atoms with Gasteiger partial charge in [-0.15, -0.1) is 11.3 Å². The van der Waals surface area contributed by atoms with Gasteiger partial charge < -0.3 is 0 Å². The largest absolute Gasteiger partial charge is 0.267 e. The van der Waals surface area contributed by atoms with Crippen molar-refractivity contribution in [2.45, 2.75) is 25.8 Å². The summed E-state index contributed by atoms with van der Waals surface area (Å²) in [5, 5.41) is 4.74. The number of aryl methyl sites for hydroxylation is 2. The van der Waals surface area contributed by atoms with E-state index in [1.165, 1.54) is 11.3 Å². The second kappa shape index (κ2) is 6.27. The number of rotatable bonds is 5. The normalized spacial score (nSPS) is 19.8. The van der Waals surface area contributed by atoms with Crippen molar-refractivity contribution in [3.05, 3.63) is 33.5 Å². The van der Waals surface area contributed by atoms with Gasteiger partial charge in [-0.25, -0.2) is 13.4 Å². The summed E-state index contributed by atoms with van der Waals surface area (Å²) in [5.74, 6) is 0.128.